The highest BCUT2D eigenvalue weighted by Crippen LogP contribution is 2.31. The highest BCUT2D eigenvalue weighted by Gasteiger charge is 2.21. The monoisotopic (exact) mass is 248 g/mol. The molecule has 0 atom stereocenters. The van der Waals surface area contributed by atoms with E-state index in [1.165, 1.54) is 25.7 Å². The Morgan fingerprint density at radius 1 is 1.33 bits per heavy atom. The van der Waals surface area contributed by atoms with Crippen LogP contribution in [0.3, 0.4) is 0 Å². The molecule has 1 saturated carbocycles. The molecule has 1 fully saturated rings. The summed E-state index contributed by atoms with van der Waals surface area (Å²) in [6.45, 7) is 5.36. The topological polar surface area (TPSA) is 55.0 Å². The van der Waals surface area contributed by atoms with E-state index in [2.05, 4.69) is 35.8 Å². The quantitative estimate of drug-likeness (QED) is 0.890. The van der Waals surface area contributed by atoms with E-state index in [0.29, 0.717) is 11.7 Å². The molecule has 0 saturated heterocycles. The Kier molecular flexibility index (Phi) is 4.04. The number of hydrogen-bond acceptors (Lipinski definition) is 4. The van der Waals surface area contributed by atoms with Crippen molar-refractivity contribution in [3.05, 3.63) is 11.9 Å². The molecule has 0 aliphatic heterocycles. The first kappa shape index (κ1) is 13.1. The van der Waals surface area contributed by atoms with Crippen LogP contribution in [0.25, 0.3) is 0 Å². The summed E-state index contributed by atoms with van der Waals surface area (Å²) in [5, 5.41) is 0. The fourth-order valence-corrected chi connectivity index (χ4v) is 2.92. The van der Waals surface area contributed by atoms with Crippen LogP contribution in [0, 0.1) is 5.92 Å². The lowest BCUT2D eigenvalue weighted by Gasteiger charge is -2.25. The van der Waals surface area contributed by atoms with Crippen LogP contribution in [-0.2, 0) is 0 Å². The van der Waals surface area contributed by atoms with Crippen LogP contribution in [0.2, 0.25) is 0 Å². The summed E-state index contributed by atoms with van der Waals surface area (Å²) in [5.74, 6) is 2.79. The van der Waals surface area contributed by atoms with E-state index in [-0.39, 0.29) is 0 Å². The predicted octanol–water partition coefficient (Wildman–Crippen LogP) is 2.81. The molecule has 1 aromatic rings. The van der Waals surface area contributed by atoms with Crippen molar-refractivity contribution in [1.82, 2.24) is 9.97 Å². The molecule has 1 aromatic heterocycles. The van der Waals surface area contributed by atoms with Crippen molar-refractivity contribution >= 4 is 11.6 Å². The summed E-state index contributed by atoms with van der Waals surface area (Å²) >= 11 is 0. The van der Waals surface area contributed by atoms with Crippen LogP contribution in [0.4, 0.5) is 11.6 Å². The van der Waals surface area contributed by atoms with Crippen molar-refractivity contribution in [2.75, 3.05) is 24.2 Å². The van der Waals surface area contributed by atoms with E-state index >= 15 is 0 Å². The third-order valence-electron chi connectivity index (χ3n) is 3.84. The molecule has 2 rings (SSSR count). The summed E-state index contributed by atoms with van der Waals surface area (Å²) in [4.78, 5) is 10.8. The SMILES string of the molecule is CC(C)c1c(N)ncnc1N(C)CC1CCCC1. The largest absolute Gasteiger partial charge is 0.383 e. The lowest BCUT2D eigenvalue weighted by Crippen LogP contribution is -2.26. The highest BCUT2D eigenvalue weighted by molar-refractivity contribution is 5.57. The molecular formula is C14H24N4. The number of hydrogen-bond donors (Lipinski definition) is 1. The van der Waals surface area contributed by atoms with E-state index in [4.69, 9.17) is 5.73 Å². The lowest BCUT2D eigenvalue weighted by atomic mass is 10.0. The minimum absolute atomic E-state index is 0.354. The van der Waals surface area contributed by atoms with Gasteiger partial charge in [0.2, 0.25) is 0 Å². The molecule has 1 aliphatic carbocycles. The molecule has 2 N–H and O–H groups in total. The molecule has 0 spiro atoms. The summed E-state index contributed by atoms with van der Waals surface area (Å²) in [6.07, 6.45) is 7.02. The summed E-state index contributed by atoms with van der Waals surface area (Å²) in [7, 11) is 2.12. The molecule has 1 heterocycles. The van der Waals surface area contributed by atoms with E-state index in [0.717, 1.165) is 23.8 Å². The second-order valence-electron chi connectivity index (χ2n) is 5.68. The van der Waals surface area contributed by atoms with Crippen LogP contribution in [-0.4, -0.2) is 23.6 Å². The minimum Gasteiger partial charge on any atom is -0.383 e. The van der Waals surface area contributed by atoms with Crippen LogP contribution in [0.1, 0.15) is 51.0 Å². The molecule has 0 aromatic carbocycles. The number of nitrogens with zero attached hydrogens (tertiary/aromatic N) is 3. The van der Waals surface area contributed by atoms with Gasteiger partial charge in [0.25, 0.3) is 0 Å². The molecule has 18 heavy (non-hydrogen) atoms. The van der Waals surface area contributed by atoms with Gasteiger partial charge in [0.05, 0.1) is 0 Å². The Labute approximate surface area is 110 Å². The van der Waals surface area contributed by atoms with Gasteiger partial charge in [0.15, 0.2) is 0 Å². The summed E-state index contributed by atoms with van der Waals surface area (Å²) in [6, 6.07) is 0. The van der Waals surface area contributed by atoms with Gasteiger partial charge >= 0.3 is 0 Å². The first-order valence-electron chi connectivity index (χ1n) is 6.91. The van der Waals surface area contributed by atoms with Crippen molar-refractivity contribution in [2.24, 2.45) is 5.92 Å². The zero-order valence-corrected chi connectivity index (χ0v) is 11.7. The maximum absolute atomic E-state index is 5.99. The Balaban J connectivity index is 2.18. The Bertz CT molecular complexity index is 397. The van der Waals surface area contributed by atoms with E-state index in [1.807, 2.05) is 0 Å². The first-order chi connectivity index (χ1) is 8.59. The molecule has 0 unspecified atom stereocenters. The number of rotatable bonds is 4. The number of nitrogens with two attached hydrogens (primary N) is 1. The molecule has 0 radical (unpaired) electrons. The van der Waals surface area contributed by atoms with Gasteiger partial charge in [0.1, 0.15) is 18.0 Å². The third kappa shape index (κ3) is 2.74. The Hall–Kier alpha value is -1.32. The Morgan fingerprint density at radius 2 is 2.00 bits per heavy atom. The average molecular weight is 248 g/mol. The summed E-state index contributed by atoms with van der Waals surface area (Å²) in [5.41, 5.74) is 7.07. The summed E-state index contributed by atoms with van der Waals surface area (Å²) < 4.78 is 0. The van der Waals surface area contributed by atoms with Crippen molar-refractivity contribution in [3.63, 3.8) is 0 Å². The smallest absolute Gasteiger partial charge is 0.137 e. The van der Waals surface area contributed by atoms with Crippen LogP contribution in [0.15, 0.2) is 6.33 Å². The van der Waals surface area contributed by atoms with Crippen molar-refractivity contribution < 1.29 is 0 Å². The number of aromatic nitrogens is 2. The number of nitrogen functional groups attached to an aromatic ring is 1. The molecular weight excluding hydrogens is 224 g/mol. The molecule has 0 amide bonds. The van der Waals surface area contributed by atoms with Gasteiger partial charge in [-0.2, -0.15) is 0 Å². The van der Waals surface area contributed by atoms with Crippen LogP contribution >= 0.6 is 0 Å². The van der Waals surface area contributed by atoms with E-state index in [1.54, 1.807) is 6.33 Å². The second-order valence-corrected chi connectivity index (χ2v) is 5.68. The number of anilines is 2. The fourth-order valence-electron chi connectivity index (χ4n) is 2.92. The fraction of sp³-hybridized carbons (Fsp3) is 0.714. The molecule has 0 bridgehead atoms. The van der Waals surface area contributed by atoms with Gasteiger partial charge in [-0.05, 0) is 24.7 Å². The van der Waals surface area contributed by atoms with Crippen molar-refractivity contribution in [1.29, 1.82) is 0 Å². The van der Waals surface area contributed by atoms with Gasteiger partial charge in [-0.1, -0.05) is 26.7 Å². The van der Waals surface area contributed by atoms with E-state index < -0.39 is 0 Å². The first-order valence-corrected chi connectivity index (χ1v) is 6.91. The molecule has 100 valence electrons. The highest BCUT2D eigenvalue weighted by atomic mass is 15.2. The molecule has 1 aliphatic rings. The minimum atomic E-state index is 0.354. The molecule has 4 nitrogen and oxygen atoms in total. The lowest BCUT2D eigenvalue weighted by molar-refractivity contribution is 0.543. The third-order valence-corrected chi connectivity index (χ3v) is 3.84. The Morgan fingerprint density at radius 3 is 2.61 bits per heavy atom. The van der Waals surface area contributed by atoms with Gasteiger partial charge in [0, 0.05) is 19.2 Å². The van der Waals surface area contributed by atoms with Crippen molar-refractivity contribution in [3.8, 4) is 0 Å². The maximum Gasteiger partial charge on any atom is 0.137 e. The van der Waals surface area contributed by atoms with Gasteiger partial charge in [-0.25, -0.2) is 9.97 Å². The average Bonchev–Trinajstić information content (AvgIpc) is 2.80. The van der Waals surface area contributed by atoms with Crippen LogP contribution < -0.4 is 10.6 Å². The zero-order valence-electron chi connectivity index (χ0n) is 11.7. The van der Waals surface area contributed by atoms with Gasteiger partial charge in [-0.3, -0.25) is 0 Å². The standard InChI is InChI=1S/C14H24N4/c1-10(2)12-13(15)16-9-17-14(12)18(3)8-11-6-4-5-7-11/h9-11H,4-8H2,1-3H3,(H2,15,16,17). The van der Waals surface area contributed by atoms with Gasteiger partial charge in [-0.15, -0.1) is 0 Å². The van der Waals surface area contributed by atoms with E-state index in [9.17, 15) is 0 Å². The van der Waals surface area contributed by atoms with Gasteiger partial charge < -0.3 is 10.6 Å². The maximum atomic E-state index is 5.99. The zero-order chi connectivity index (χ0) is 13.1. The second kappa shape index (κ2) is 5.55. The van der Waals surface area contributed by atoms with Crippen LogP contribution in [0.5, 0.6) is 0 Å². The normalized spacial score (nSPS) is 16.4. The van der Waals surface area contributed by atoms with Crippen molar-refractivity contribution in [2.45, 2.75) is 45.4 Å². The molecule has 4 heteroatoms. The predicted molar refractivity (Wildman–Crippen MR) is 75.8 cm³/mol.